The van der Waals surface area contributed by atoms with Crippen molar-refractivity contribution in [1.29, 1.82) is 0 Å². The Hall–Kier alpha value is -1.60. The summed E-state index contributed by atoms with van der Waals surface area (Å²) in [6, 6.07) is 5.46. The van der Waals surface area contributed by atoms with Gasteiger partial charge in [-0.1, -0.05) is 11.6 Å². The average Bonchev–Trinajstić information content (AvgIpc) is 2.81. The zero-order valence-electron chi connectivity index (χ0n) is 10.9. The van der Waals surface area contributed by atoms with Crippen molar-refractivity contribution in [1.82, 2.24) is 0 Å². The molecular formula is C13H12ClF3N2OS. The topological polar surface area (TPSA) is 47.3 Å². The number of nitrogen functional groups attached to an aromatic ring is 1. The first kappa shape index (κ1) is 15.8. The Labute approximate surface area is 128 Å². The van der Waals surface area contributed by atoms with Gasteiger partial charge < -0.3 is 15.8 Å². The summed E-state index contributed by atoms with van der Waals surface area (Å²) in [5.74, 6) is -1.50. The summed E-state index contributed by atoms with van der Waals surface area (Å²) in [5.41, 5.74) is 6.09. The van der Waals surface area contributed by atoms with E-state index in [1.54, 1.807) is 6.07 Å². The zero-order chi connectivity index (χ0) is 15.6. The fourth-order valence-corrected chi connectivity index (χ4v) is 2.81. The molecule has 21 heavy (non-hydrogen) atoms. The molecule has 0 aliphatic carbocycles. The molecule has 0 amide bonds. The molecule has 1 aromatic heterocycles. The maximum absolute atomic E-state index is 13.5. The third-order valence-corrected chi connectivity index (χ3v) is 4.13. The molecule has 0 radical (unpaired) electrons. The minimum Gasteiger partial charge on any atom is -0.432 e. The van der Waals surface area contributed by atoms with Crippen LogP contribution in [0.3, 0.4) is 0 Å². The highest BCUT2D eigenvalue weighted by Gasteiger charge is 2.15. The number of anilines is 2. The lowest BCUT2D eigenvalue weighted by Gasteiger charge is -2.17. The molecule has 8 heteroatoms. The Morgan fingerprint density at radius 3 is 2.62 bits per heavy atom. The Bertz CT molecular complexity index is 636. The Balaban J connectivity index is 2.22. The fraction of sp³-hybridized carbons (Fsp3) is 0.231. The fourth-order valence-electron chi connectivity index (χ4n) is 1.75. The van der Waals surface area contributed by atoms with Crippen molar-refractivity contribution in [3.63, 3.8) is 0 Å². The highest BCUT2D eigenvalue weighted by Crippen LogP contribution is 2.34. The summed E-state index contributed by atoms with van der Waals surface area (Å²) in [4.78, 5) is 0.931. The van der Waals surface area contributed by atoms with Crippen molar-refractivity contribution < 1.29 is 17.9 Å². The Morgan fingerprint density at radius 2 is 2.05 bits per heavy atom. The number of benzene rings is 1. The molecule has 0 aliphatic rings. The van der Waals surface area contributed by atoms with Crippen LogP contribution in [0.4, 0.5) is 24.5 Å². The van der Waals surface area contributed by atoms with E-state index in [2.05, 4.69) is 10.1 Å². The molecule has 0 saturated carbocycles. The predicted molar refractivity (Wildman–Crippen MR) is 78.8 cm³/mol. The summed E-state index contributed by atoms with van der Waals surface area (Å²) < 4.78 is 42.6. The van der Waals surface area contributed by atoms with Crippen molar-refractivity contribution in [2.24, 2.45) is 0 Å². The molecule has 0 saturated heterocycles. The van der Waals surface area contributed by atoms with Crippen LogP contribution < -0.4 is 15.8 Å². The number of ether oxygens (including phenoxy) is 1. The third kappa shape index (κ3) is 3.95. The second-order valence-electron chi connectivity index (χ2n) is 4.26. The van der Waals surface area contributed by atoms with E-state index in [1.165, 1.54) is 11.3 Å². The molecule has 0 bridgehead atoms. The second-order valence-corrected chi connectivity index (χ2v) is 6.00. The summed E-state index contributed by atoms with van der Waals surface area (Å²) >= 11 is 7.23. The summed E-state index contributed by atoms with van der Waals surface area (Å²) in [6.45, 7) is -1.26. The minimum atomic E-state index is -3.11. The number of hydrogen-bond acceptors (Lipinski definition) is 4. The molecule has 2 aromatic rings. The lowest BCUT2D eigenvalue weighted by molar-refractivity contribution is -0.0521. The summed E-state index contributed by atoms with van der Waals surface area (Å²) in [7, 11) is 0. The van der Waals surface area contributed by atoms with Crippen LogP contribution >= 0.6 is 22.9 Å². The first-order valence-corrected chi connectivity index (χ1v) is 7.12. The van der Waals surface area contributed by atoms with Crippen LogP contribution in [-0.4, -0.2) is 6.61 Å². The molecule has 114 valence electrons. The second kappa shape index (κ2) is 6.44. The molecule has 1 heterocycles. The van der Waals surface area contributed by atoms with E-state index < -0.39 is 18.2 Å². The lowest BCUT2D eigenvalue weighted by Crippen LogP contribution is -2.09. The van der Waals surface area contributed by atoms with Gasteiger partial charge in [0.15, 0.2) is 11.6 Å². The molecule has 2 rings (SSSR count). The van der Waals surface area contributed by atoms with Crippen molar-refractivity contribution >= 4 is 34.3 Å². The van der Waals surface area contributed by atoms with Gasteiger partial charge in [-0.2, -0.15) is 8.78 Å². The van der Waals surface area contributed by atoms with Gasteiger partial charge in [0.05, 0.1) is 21.8 Å². The number of hydrogen-bond donors (Lipinski definition) is 2. The average molecular weight is 337 g/mol. The van der Waals surface area contributed by atoms with Gasteiger partial charge in [0.2, 0.25) is 0 Å². The van der Waals surface area contributed by atoms with Crippen molar-refractivity contribution in [3.8, 4) is 5.75 Å². The molecular weight excluding hydrogens is 325 g/mol. The van der Waals surface area contributed by atoms with Crippen LogP contribution in [-0.2, 0) is 0 Å². The van der Waals surface area contributed by atoms with E-state index >= 15 is 0 Å². The van der Waals surface area contributed by atoms with Crippen molar-refractivity contribution in [3.05, 3.63) is 39.3 Å². The molecule has 3 N–H and O–H groups in total. The predicted octanol–water partition coefficient (Wildman–Crippen LogP) is 4.90. The lowest BCUT2D eigenvalue weighted by atomic mass is 10.2. The normalized spacial score (nSPS) is 12.5. The molecule has 1 aromatic carbocycles. The SMILES string of the molecule is CC(Nc1cc(OC(F)F)c(F)cc1N)c1ccc(Cl)s1. The standard InChI is InChI=1S/C13H12ClF3N2OS/c1-6(11-2-3-12(14)21-11)19-9-5-10(20-13(16)17)7(15)4-8(9)18/h2-6,13,19H,18H2,1H3. The van der Waals surface area contributed by atoms with E-state index in [0.29, 0.717) is 10.0 Å². The Morgan fingerprint density at radius 1 is 1.33 bits per heavy atom. The van der Waals surface area contributed by atoms with Gasteiger partial charge in [-0.3, -0.25) is 0 Å². The van der Waals surface area contributed by atoms with Crippen LogP contribution in [0.2, 0.25) is 4.34 Å². The molecule has 0 spiro atoms. The molecule has 0 aliphatic heterocycles. The summed E-state index contributed by atoms with van der Waals surface area (Å²) in [5, 5.41) is 3.02. The van der Waals surface area contributed by atoms with E-state index in [-0.39, 0.29) is 11.7 Å². The van der Waals surface area contributed by atoms with Gasteiger partial charge in [-0.05, 0) is 19.1 Å². The zero-order valence-corrected chi connectivity index (χ0v) is 12.4. The number of rotatable bonds is 5. The molecule has 0 fully saturated rings. The maximum Gasteiger partial charge on any atom is 0.387 e. The highest BCUT2D eigenvalue weighted by molar-refractivity contribution is 7.16. The number of nitrogens with one attached hydrogen (secondary N) is 1. The monoisotopic (exact) mass is 336 g/mol. The first-order chi connectivity index (χ1) is 9.86. The molecule has 3 nitrogen and oxygen atoms in total. The smallest absolute Gasteiger partial charge is 0.387 e. The number of nitrogens with two attached hydrogens (primary N) is 1. The third-order valence-electron chi connectivity index (χ3n) is 2.71. The van der Waals surface area contributed by atoms with Gasteiger partial charge in [0.1, 0.15) is 0 Å². The van der Waals surface area contributed by atoms with Crippen molar-refractivity contribution in [2.75, 3.05) is 11.1 Å². The first-order valence-electron chi connectivity index (χ1n) is 5.92. The van der Waals surface area contributed by atoms with Crippen LogP contribution in [0, 0.1) is 5.82 Å². The van der Waals surface area contributed by atoms with E-state index in [9.17, 15) is 13.2 Å². The largest absolute Gasteiger partial charge is 0.432 e. The van der Waals surface area contributed by atoms with Crippen LogP contribution in [0.25, 0.3) is 0 Å². The van der Waals surface area contributed by atoms with Crippen LogP contribution in [0.15, 0.2) is 24.3 Å². The number of halogens is 4. The number of alkyl halides is 2. The van der Waals surface area contributed by atoms with Gasteiger partial charge in [-0.25, -0.2) is 4.39 Å². The van der Waals surface area contributed by atoms with Gasteiger partial charge in [0, 0.05) is 17.0 Å². The highest BCUT2D eigenvalue weighted by atomic mass is 35.5. The molecule has 1 unspecified atom stereocenters. The number of thiophene rings is 1. The van der Waals surface area contributed by atoms with E-state index in [4.69, 9.17) is 17.3 Å². The Kier molecular flexibility index (Phi) is 4.84. The van der Waals surface area contributed by atoms with Crippen LogP contribution in [0.1, 0.15) is 17.8 Å². The van der Waals surface area contributed by atoms with Gasteiger partial charge >= 0.3 is 6.61 Å². The quantitative estimate of drug-likeness (QED) is 0.764. The van der Waals surface area contributed by atoms with E-state index in [0.717, 1.165) is 17.0 Å². The van der Waals surface area contributed by atoms with Gasteiger partial charge in [-0.15, -0.1) is 11.3 Å². The van der Waals surface area contributed by atoms with Crippen LogP contribution in [0.5, 0.6) is 5.75 Å². The molecule has 1 atom stereocenters. The van der Waals surface area contributed by atoms with Gasteiger partial charge in [0.25, 0.3) is 0 Å². The minimum absolute atomic E-state index is 0.101. The van der Waals surface area contributed by atoms with E-state index in [1.807, 2.05) is 13.0 Å². The summed E-state index contributed by atoms with van der Waals surface area (Å²) in [6.07, 6.45) is 0. The van der Waals surface area contributed by atoms with Crippen molar-refractivity contribution in [2.45, 2.75) is 19.6 Å². The maximum atomic E-state index is 13.5.